The third kappa shape index (κ3) is 4.45. The number of rotatable bonds is 6. The van der Waals surface area contributed by atoms with Crippen molar-refractivity contribution in [3.05, 3.63) is 54.6 Å². The molecule has 1 aromatic heterocycles. The number of fused-ring (bicyclic) bond motifs is 2. The van der Waals surface area contributed by atoms with Gasteiger partial charge in [-0.05, 0) is 54.4 Å². The quantitative estimate of drug-likeness (QED) is 0.442. The Bertz CT molecular complexity index is 1180. The number of ether oxygens (including phenoxy) is 1. The maximum Gasteiger partial charge on any atom is 0.233 e. The van der Waals surface area contributed by atoms with E-state index >= 15 is 0 Å². The molecule has 1 aliphatic heterocycles. The van der Waals surface area contributed by atoms with Gasteiger partial charge in [0.2, 0.25) is 5.91 Å². The average molecular weight is 477 g/mol. The maximum atomic E-state index is 13.4. The number of aromatic nitrogens is 3. The first-order valence-electron chi connectivity index (χ1n) is 11.8. The van der Waals surface area contributed by atoms with Crippen LogP contribution in [0.5, 0.6) is 5.75 Å². The van der Waals surface area contributed by atoms with Gasteiger partial charge in [-0.3, -0.25) is 9.36 Å². The summed E-state index contributed by atoms with van der Waals surface area (Å²) in [6, 6.07) is 18.2. The van der Waals surface area contributed by atoms with Crippen molar-refractivity contribution in [2.24, 2.45) is 10.8 Å². The van der Waals surface area contributed by atoms with Crippen molar-refractivity contribution in [1.82, 2.24) is 19.7 Å². The molecule has 7 heteroatoms. The minimum absolute atomic E-state index is 0.196. The van der Waals surface area contributed by atoms with Crippen LogP contribution in [0.2, 0.25) is 0 Å². The predicted molar refractivity (Wildman–Crippen MR) is 135 cm³/mol. The molecule has 6 nitrogen and oxygen atoms in total. The number of hydrogen-bond acceptors (Lipinski definition) is 5. The SMILES string of the molecule is COc1ccc(-n2c(SCC(=O)N3CC4(C)CC3CC(C)(C)C4)nnc2-c2ccccc2)cc1. The number of thioether (sulfide) groups is 1. The second-order valence-electron chi connectivity index (χ2n) is 10.7. The molecule has 5 rings (SSSR count). The van der Waals surface area contributed by atoms with Gasteiger partial charge in [-0.15, -0.1) is 10.2 Å². The van der Waals surface area contributed by atoms with Gasteiger partial charge >= 0.3 is 0 Å². The van der Waals surface area contributed by atoms with Gasteiger partial charge in [-0.2, -0.15) is 0 Å². The lowest BCUT2D eigenvalue weighted by Gasteiger charge is -2.39. The zero-order valence-corrected chi connectivity index (χ0v) is 21.1. The molecule has 2 fully saturated rings. The molecule has 0 radical (unpaired) electrons. The van der Waals surface area contributed by atoms with Crippen molar-refractivity contribution in [1.29, 1.82) is 0 Å². The van der Waals surface area contributed by atoms with Gasteiger partial charge in [0.1, 0.15) is 5.75 Å². The van der Waals surface area contributed by atoms with Crippen LogP contribution in [0.3, 0.4) is 0 Å². The van der Waals surface area contributed by atoms with Crippen LogP contribution in [0.1, 0.15) is 40.0 Å². The molecule has 1 saturated heterocycles. The van der Waals surface area contributed by atoms with Crippen LogP contribution >= 0.6 is 11.8 Å². The van der Waals surface area contributed by atoms with Crippen LogP contribution in [-0.4, -0.2) is 51.0 Å². The van der Waals surface area contributed by atoms with Crippen molar-refractivity contribution in [2.75, 3.05) is 19.4 Å². The van der Waals surface area contributed by atoms with E-state index in [1.54, 1.807) is 7.11 Å². The molecule has 1 aliphatic carbocycles. The van der Waals surface area contributed by atoms with E-state index in [4.69, 9.17) is 4.74 Å². The minimum atomic E-state index is 0.196. The Morgan fingerprint density at radius 1 is 1.06 bits per heavy atom. The summed E-state index contributed by atoms with van der Waals surface area (Å²) in [5, 5.41) is 9.70. The van der Waals surface area contributed by atoms with Crippen molar-refractivity contribution in [3.8, 4) is 22.8 Å². The molecule has 0 spiro atoms. The van der Waals surface area contributed by atoms with Crippen LogP contribution in [-0.2, 0) is 4.79 Å². The molecule has 2 aliphatic rings. The van der Waals surface area contributed by atoms with Crippen LogP contribution < -0.4 is 4.74 Å². The van der Waals surface area contributed by atoms with Crippen LogP contribution in [0.15, 0.2) is 59.8 Å². The first kappa shape index (κ1) is 23.0. The molecule has 1 saturated carbocycles. The molecule has 2 unspecified atom stereocenters. The first-order valence-corrected chi connectivity index (χ1v) is 12.8. The van der Waals surface area contributed by atoms with E-state index in [0.29, 0.717) is 22.4 Å². The van der Waals surface area contributed by atoms with Crippen LogP contribution in [0, 0.1) is 10.8 Å². The molecule has 2 atom stereocenters. The number of likely N-dealkylation sites (tertiary alicyclic amines) is 1. The maximum absolute atomic E-state index is 13.4. The summed E-state index contributed by atoms with van der Waals surface area (Å²) in [6.07, 6.45) is 3.38. The molecule has 178 valence electrons. The topological polar surface area (TPSA) is 60.2 Å². The molecule has 34 heavy (non-hydrogen) atoms. The minimum Gasteiger partial charge on any atom is -0.497 e. The Hall–Kier alpha value is -2.80. The Morgan fingerprint density at radius 3 is 2.50 bits per heavy atom. The number of nitrogens with zero attached hydrogens (tertiary/aromatic N) is 4. The third-order valence-electron chi connectivity index (χ3n) is 7.06. The van der Waals surface area contributed by atoms with Crippen molar-refractivity contribution in [3.63, 3.8) is 0 Å². The Labute approximate surface area is 205 Å². The van der Waals surface area contributed by atoms with E-state index in [9.17, 15) is 4.79 Å². The highest BCUT2D eigenvalue weighted by molar-refractivity contribution is 7.99. The van der Waals surface area contributed by atoms with Gasteiger partial charge in [0.25, 0.3) is 0 Å². The summed E-state index contributed by atoms with van der Waals surface area (Å²) in [5.41, 5.74) is 2.44. The lowest BCUT2D eigenvalue weighted by atomic mass is 9.65. The largest absolute Gasteiger partial charge is 0.497 e. The zero-order chi connectivity index (χ0) is 23.9. The van der Waals surface area contributed by atoms with Crippen molar-refractivity contribution in [2.45, 2.75) is 51.2 Å². The zero-order valence-electron chi connectivity index (χ0n) is 20.3. The van der Waals surface area contributed by atoms with E-state index in [2.05, 4.69) is 35.9 Å². The average Bonchev–Trinajstić information content (AvgIpc) is 3.35. The molecular weight excluding hydrogens is 444 g/mol. The normalized spacial score (nSPS) is 23.2. The monoisotopic (exact) mass is 476 g/mol. The molecule has 2 aromatic carbocycles. The fraction of sp³-hybridized carbons (Fsp3) is 0.444. The number of benzene rings is 2. The lowest BCUT2D eigenvalue weighted by molar-refractivity contribution is -0.129. The number of hydrogen-bond donors (Lipinski definition) is 0. The van der Waals surface area contributed by atoms with Crippen molar-refractivity contribution < 1.29 is 9.53 Å². The number of carbonyl (C=O) groups is 1. The molecule has 0 N–H and O–H groups in total. The van der Waals surface area contributed by atoms with Gasteiger partial charge in [0.15, 0.2) is 11.0 Å². The summed E-state index contributed by atoms with van der Waals surface area (Å²) < 4.78 is 7.36. The first-order chi connectivity index (χ1) is 16.3. The van der Waals surface area contributed by atoms with Gasteiger partial charge in [-0.25, -0.2) is 0 Å². The fourth-order valence-electron chi connectivity index (χ4n) is 6.06. The second-order valence-corrected chi connectivity index (χ2v) is 11.7. The smallest absolute Gasteiger partial charge is 0.233 e. The Balaban J connectivity index is 1.40. The van der Waals surface area contributed by atoms with E-state index < -0.39 is 0 Å². The second kappa shape index (κ2) is 8.77. The Morgan fingerprint density at radius 2 is 1.79 bits per heavy atom. The number of carbonyl (C=O) groups excluding carboxylic acids is 1. The van der Waals surface area contributed by atoms with E-state index in [1.165, 1.54) is 18.2 Å². The summed E-state index contributed by atoms with van der Waals surface area (Å²) in [5.74, 6) is 2.10. The third-order valence-corrected chi connectivity index (χ3v) is 7.97. The summed E-state index contributed by atoms with van der Waals surface area (Å²) in [4.78, 5) is 15.5. The number of amides is 1. The Kier molecular flexibility index (Phi) is 5.92. The van der Waals surface area contributed by atoms with E-state index in [1.807, 2.05) is 59.2 Å². The van der Waals surface area contributed by atoms with Gasteiger partial charge < -0.3 is 9.64 Å². The van der Waals surface area contributed by atoms with Gasteiger partial charge in [0.05, 0.1) is 12.9 Å². The van der Waals surface area contributed by atoms with Crippen LogP contribution in [0.25, 0.3) is 17.1 Å². The molecule has 2 heterocycles. The standard InChI is InChI=1S/C27H32N4O2S/c1-26(2)14-21-15-27(3,17-26)18-30(21)23(32)16-34-25-29-28-24(19-8-6-5-7-9-19)31(25)20-10-12-22(33-4)13-11-20/h5-13,21H,14-18H2,1-4H3. The molecule has 3 aromatic rings. The summed E-state index contributed by atoms with van der Waals surface area (Å²) in [6.45, 7) is 7.87. The van der Waals surface area contributed by atoms with Crippen molar-refractivity contribution >= 4 is 17.7 Å². The molecular formula is C27H32N4O2S. The molecule has 1 amide bonds. The summed E-state index contributed by atoms with van der Waals surface area (Å²) >= 11 is 1.46. The van der Waals surface area contributed by atoms with E-state index in [0.717, 1.165) is 42.2 Å². The highest BCUT2D eigenvalue weighted by Gasteiger charge is 2.50. The summed E-state index contributed by atoms with van der Waals surface area (Å²) in [7, 11) is 1.66. The van der Waals surface area contributed by atoms with E-state index in [-0.39, 0.29) is 11.3 Å². The van der Waals surface area contributed by atoms with Crippen LogP contribution in [0.4, 0.5) is 0 Å². The number of methoxy groups -OCH3 is 1. The molecule has 2 bridgehead atoms. The van der Waals surface area contributed by atoms with Gasteiger partial charge in [0, 0.05) is 23.8 Å². The lowest BCUT2D eigenvalue weighted by Crippen LogP contribution is -2.38. The highest BCUT2D eigenvalue weighted by Crippen LogP contribution is 2.52. The van der Waals surface area contributed by atoms with Gasteiger partial charge in [-0.1, -0.05) is 62.9 Å². The predicted octanol–water partition coefficient (Wildman–Crippen LogP) is 5.46. The highest BCUT2D eigenvalue weighted by atomic mass is 32.2. The fourth-order valence-corrected chi connectivity index (χ4v) is 6.90.